The van der Waals surface area contributed by atoms with Gasteiger partial charge in [0.05, 0.1) is 6.04 Å². The third kappa shape index (κ3) is 2.88. The molecule has 0 amide bonds. The van der Waals surface area contributed by atoms with E-state index in [1.165, 1.54) is 0 Å². The van der Waals surface area contributed by atoms with Gasteiger partial charge in [-0.1, -0.05) is 23.7 Å². The third-order valence-electron chi connectivity index (χ3n) is 2.43. The molecule has 0 aliphatic carbocycles. The first kappa shape index (κ1) is 12.8. The highest BCUT2D eigenvalue weighted by molar-refractivity contribution is 6.31. The summed E-state index contributed by atoms with van der Waals surface area (Å²) in [6.07, 6.45) is 1.68. The van der Waals surface area contributed by atoms with Gasteiger partial charge in [0.25, 0.3) is 0 Å². The van der Waals surface area contributed by atoms with Crippen molar-refractivity contribution >= 4 is 11.6 Å². The molecule has 5 heteroatoms. The molecule has 0 heterocycles. The van der Waals surface area contributed by atoms with E-state index in [-0.39, 0.29) is 11.9 Å². The molecule has 1 atom stereocenters. The molecule has 0 spiro atoms. The molecule has 0 saturated carbocycles. The van der Waals surface area contributed by atoms with E-state index >= 15 is 0 Å². The second-order valence-electron chi connectivity index (χ2n) is 3.45. The van der Waals surface area contributed by atoms with Crippen LogP contribution in [0.15, 0.2) is 30.1 Å². The summed E-state index contributed by atoms with van der Waals surface area (Å²) in [5.74, 6) is 0.193. The molecule has 1 aromatic carbocycles. The molecule has 0 fully saturated rings. The number of hydrogen-bond acceptors (Lipinski definition) is 4. The Balaban J connectivity index is 3.09. The van der Waals surface area contributed by atoms with E-state index in [0.717, 1.165) is 11.1 Å². The predicted molar refractivity (Wildman–Crippen MR) is 65.2 cm³/mol. The molecule has 1 unspecified atom stereocenters. The lowest BCUT2D eigenvalue weighted by Crippen LogP contribution is -2.21. The van der Waals surface area contributed by atoms with Gasteiger partial charge in [-0.15, -0.1) is 0 Å². The number of hydrogen-bond donors (Lipinski definition) is 4. The number of nitrogens with one attached hydrogen (secondary N) is 2. The van der Waals surface area contributed by atoms with Crippen LogP contribution in [0.1, 0.15) is 17.2 Å². The first-order valence-electron chi connectivity index (χ1n) is 4.89. The first-order valence-corrected chi connectivity index (χ1v) is 5.27. The minimum Gasteiger partial charge on any atom is -0.384 e. The maximum Gasteiger partial charge on any atom is 0.118 e. The van der Waals surface area contributed by atoms with E-state index in [0.29, 0.717) is 5.02 Å². The molecule has 0 aromatic heterocycles. The average molecular weight is 242 g/mol. The van der Waals surface area contributed by atoms with Crippen LogP contribution in [0.3, 0.4) is 0 Å². The summed E-state index contributed by atoms with van der Waals surface area (Å²) in [4.78, 5) is 0. The lowest BCUT2D eigenvalue weighted by atomic mass is 10.0. The van der Waals surface area contributed by atoms with Gasteiger partial charge in [-0.25, -0.2) is 0 Å². The van der Waals surface area contributed by atoms with Gasteiger partial charge in [-0.3, -0.25) is 10.7 Å². The highest BCUT2D eigenvalue weighted by Crippen LogP contribution is 2.24. The fourth-order valence-corrected chi connectivity index (χ4v) is 1.69. The minimum atomic E-state index is -0.0988. The number of halogens is 1. The summed E-state index contributed by atoms with van der Waals surface area (Å²) in [7, 11) is 1.81. The van der Waals surface area contributed by atoms with Crippen LogP contribution in [-0.4, -0.2) is 12.3 Å². The molecule has 0 bridgehead atoms. The largest absolute Gasteiger partial charge is 0.384 e. The number of benzene rings is 1. The summed E-state index contributed by atoms with van der Waals surface area (Å²) in [6.45, 7) is 1.94. The van der Waals surface area contributed by atoms with Crippen molar-refractivity contribution < 1.29 is 5.21 Å². The van der Waals surface area contributed by atoms with Crippen molar-refractivity contribution in [1.82, 2.24) is 10.8 Å². The van der Waals surface area contributed by atoms with E-state index < -0.39 is 0 Å². The second-order valence-corrected chi connectivity index (χ2v) is 3.86. The number of rotatable bonds is 4. The van der Waals surface area contributed by atoms with Crippen molar-refractivity contribution in [3.05, 3.63) is 46.2 Å². The Morgan fingerprint density at radius 2 is 2.25 bits per heavy atom. The maximum atomic E-state index is 8.65. The Morgan fingerprint density at radius 1 is 1.56 bits per heavy atom. The van der Waals surface area contributed by atoms with Crippen molar-refractivity contribution in [2.45, 2.75) is 13.0 Å². The highest BCUT2D eigenvalue weighted by atomic mass is 35.5. The van der Waals surface area contributed by atoms with E-state index in [2.05, 4.69) is 5.32 Å². The molecule has 0 aliphatic rings. The lowest BCUT2D eigenvalue weighted by molar-refractivity contribution is 0.198. The van der Waals surface area contributed by atoms with Gasteiger partial charge in [-0.2, -0.15) is 0 Å². The molecule has 5 N–H and O–H groups in total. The van der Waals surface area contributed by atoms with E-state index in [1.807, 2.05) is 37.7 Å². The highest BCUT2D eigenvalue weighted by Gasteiger charge is 2.11. The van der Waals surface area contributed by atoms with Gasteiger partial charge in [0.2, 0.25) is 0 Å². The standard InChI is InChI=1S/C11H16ClN3O/c1-7-8(4-3-5-9(7)12)10(14-2)6-11(13)15-16/h3-6,10,14-16H,13H2,1-2H3/b11-6+. The first-order chi connectivity index (χ1) is 7.60. The molecular weight excluding hydrogens is 226 g/mol. The predicted octanol–water partition coefficient (Wildman–Crippen LogP) is 1.69. The quantitative estimate of drug-likeness (QED) is 0.606. The molecular formula is C11H16ClN3O. The van der Waals surface area contributed by atoms with Gasteiger partial charge >= 0.3 is 0 Å². The summed E-state index contributed by atoms with van der Waals surface area (Å²) in [6, 6.07) is 5.58. The Labute approximate surface area is 100 Å². The molecule has 0 radical (unpaired) electrons. The van der Waals surface area contributed by atoms with Gasteiger partial charge in [-0.05, 0) is 37.2 Å². The maximum absolute atomic E-state index is 8.65. The van der Waals surface area contributed by atoms with E-state index in [4.69, 9.17) is 22.5 Å². The van der Waals surface area contributed by atoms with Crippen LogP contribution in [0.5, 0.6) is 0 Å². The van der Waals surface area contributed by atoms with Gasteiger partial charge in [0.1, 0.15) is 5.82 Å². The Bertz CT molecular complexity index is 393. The SMILES string of the molecule is CNC(/C=C(\N)NO)c1cccc(Cl)c1C. The normalized spacial score (nSPS) is 13.6. The summed E-state index contributed by atoms with van der Waals surface area (Å²) >= 11 is 6.04. The fraction of sp³-hybridized carbons (Fsp3) is 0.273. The molecule has 88 valence electrons. The molecule has 0 saturated heterocycles. The smallest absolute Gasteiger partial charge is 0.118 e. The number of hydroxylamine groups is 1. The Hall–Kier alpha value is -1.23. The molecule has 0 aliphatic heterocycles. The molecule has 1 rings (SSSR count). The van der Waals surface area contributed by atoms with Crippen molar-refractivity contribution in [1.29, 1.82) is 0 Å². The topological polar surface area (TPSA) is 70.3 Å². The molecule has 1 aromatic rings. The summed E-state index contributed by atoms with van der Waals surface area (Å²) in [5, 5.41) is 12.4. The van der Waals surface area contributed by atoms with Gasteiger partial charge < -0.3 is 11.1 Å². The van der Waals surface area contributed by atoms with Crippen LogP contribution in [-0.2, 0) is 0 Å². The average Bonchev–Trinajstić information content (AvgIpc) is 2.29. The molecule has 16 heavy (non-hydrogen) atoms. The fourth-order valence-electron chi connectivity index (χ4n) is 1.51. The van der Waals surface area contributed by atoms with Crippen LogP contribution < -0.4 is 16.5 Å². The van der Waals surface area contributed by atoms with Crippen molar-refractivity contribution in [3.63, 3.8) is 0 Å². The van der Waals surface area contributed by atoms with Crippen LogP contribution >= 0.6 is 11.6 Å². The van der Waals surface area contributed by atoms with E-state index in [1.54, 1.807) is 6.08 Å². The zero-order chi connectivity index (χ0) is 12.1. The minimum absolute atomic E-state index is 0.0988. The van der Waals surface area contributed by atoms with E-state index in [9.17, 15) is 0 Å². The molecule has 4 nitrogen and oxygen atoms in total. The van der Waals surface area contributed by atoms with Crippen molar-refractivity contribution in [2.75, 3.05) is 7.05 Å². The third-order valence-corrected chi connectivity index (χ3v) is 2.84. The number of nitrogens with two attached hydrogens (primary N) is 1. The second kappa shape index (κ2) is 5.75. The van der Waals surface area contributed by atoms with Gasteiger partial charge in [0, 0.05) is 5.02 Å². The van der Waals surface area contributed by atoms with Crippen LogP contribution in [0.2, 0.25) is 5.02 Å². The van der Waals surface area contributed by atoms with Crippen LogP contribution in [0.4, 0.5) is 0 Å². The monoisotopic (exact) mass is 241 g/mol. The van der Waals surface area contributed by atoms with Crippen molar-refractivity contribution in [2.24, 2.45) is 5.73 Å². The zero-order valence-electron chi connectivity index (χ0n) is 9.29. The van der Waals surface area contributed by atoms with Crippen LogP contribution in [0.25, 0.3) is 0 Å². The zero-order valence-corrected chi connectivity index (χ0v) is 10.0. The van der Waals surface area contributed by atoms with Gasteiger partial charge in [0.15, 0.2) is 0 Å². The Kier molecular flexibility index (Phi) is 4.61. The van der Waals surface area contributed by atoms with Crippen LogP contribution in [0, 0.1) is 6.92 Å². The number of likely N-dealkylation sites (N-methyl/N-ethyl adjacent to an activating group) is 1. The summed E-state index contributed by atoms with van der Waals surface area (Å²) in [5.41, 5.74) is 9.41. The lowest BCUT2D eigenvalue weighted by Gasteiger charge is -2.16. The Morgan fingerprint density at radius 3 is 2.81 bits per heavy atom. The van der Waals surface area contributed by atoms with Crippen molar-refractivity contribution in [3.8, 4) is 0 Å². The summed E-state index contributed by atoms with van der Waals surface area (Å²) < 4.78 is 0.